The van der Waals surface area contributed by atoms with E-state index in [0.29, 0.717) is 24.9 Å². The Bertz CT molecular complexity index is 1380. The number of hydrogen-bond donors (Lipinski definition) is 0. The van der Waals surface area contributed by atoms with Gasteiger partial charge in [0.2, 0.25) is 0 Å². The summed E-state index contributed by atoms with van der Waals surface area (Å²) in [5.74, 6) is 2.56. The third kappa shape index (κ3) is 4.79. The van der Waals surface area contributed by atoms with E-state index in [-0.39, 0.29) is 11.8 Å². The summed E-state index contributed by atoms with van der Waals surface area (Å²) < 4.78 is 8.38. The molecule has 1 unspecified atom stereocenters. The number of benzene rings is 2. The average molecular weight is 480 g/mol. The van der Waals surface area contributed by atoms with E-state index in [1.54, 1.807) is 0 Å². The summed E-state index contributed by atoms with van der Waals surface area (Å²) in [6.07, 6.45) is 9.75. The standard InChI is InChI=1S/C29H29N5O2/c35-29-23-10-4-5-11-24(23)30-27(32-29)19-33-16-14-21(15-17-33)18-34-26-13-7-6-12-25(26)31-28(34)20-36-22-8-2-1-3-9-22/h1-13,21,23H,14-20H2. The third-order valence-electron chi connectivity index (χ3n) is 7.12. The Labute approximate surface area is 210 Å². The molecule has 1 atom stereocenters. The second-order valence-electron chi connectivity index (χ2n) is 9.57. The number of carbonyl (C=O) groups excluding carboxylic acids is 1. The highest BCUT2D eigenvalue weighted by Crippen LogP contribution is 2.25. The number of rotatable bonds is 7. The van der Waals surface area contributed by atoms with Gasteiger partial charge >= 0.3 is 0 Å². The van der Waals surface area contributed by atoms with Crippen molar-refractivity contribution in [3.8, 4) is 5.75 Å². The maximum absolute atomic E-state index is 12.4. The quantitative estimate of drug-likeness (QED) is 0.502. The number of piperidine rings is 1. The van der Waals surface area contributed by atoms with Gasteiger partial charge in [0.25, 0.3) is 5.91 Å². The highest BCUT2D eigenvalue weighted by Gasteiger charge is 2.28. The van der Waals surface area contributed by atoms with Crippen LogP contribution in [0.3, 0.4) is 0 Å². The SMILES string of the molecule is O=C1N=C(CN2CCC(Cn3c(COc4ccccc4)nc4ccccc43)CC2)N=C2C=CC=CC12. The van der Waals surface area contributed by atoms with Crippen LogP contribution < -0.4 is 4.74 Å². The van der Waals surface area contributed by atoms with Crippen molar-refractivity contribution in [2.75, 3.05) is 19.6 Å². The minimum Gasteiger partial charge on any atom is -0.486 e. The molecule has 7 nitrogen and oxygen atoms in total. The molecule has 0 bridgehead atoms. The molecular formula is C29H29N5O2. The van der Waals surface area contributed by atoms with Crippen LogP contribution in [0, 0.1) is 11.8 Å². The van der Waals surface area contributed by atoms with Crippen molar-refractivity contribution in [2.24, 2.45) is 21.8 Å². The van der Waals surface area contributed by atoms with Crippen LogP contribution in [0.5, 0.6) is 5.75 Å². The number of para-hydroxylation sites is 3. The zero-order valence-corrected chi connectivity index (χ0v) is 20.2. The largest absolute Gasteiger partial charge is 0.486 e. The van der Waals surface area contributed by atoms with E-state index < -0.39 is 0 Å². The van der Waals surface area contributed by atoms with E-state index >= 15 is 0 Å². The number of carbonyl (C=O) groups is 1. The molecule has 3 aliphatic rings. The predicted octanol–water partition coefficient (Wildman–Crippen LogP) is 4.45. The molecule has 7 heteroatoms. The molecule has 0 saturated carbocycles. The fraction of sp³-hybridized carbons (Fsp3) is 0.310. The van der Waals surface area contributed by atoms with Crippen molar-refractivity contribution < 1.29 is 9.53 Å². The van der Waals surface area contributed by atoms with Gasteiger partial charge < -0.3 is 9.30 Å². The number of fused-ring (bicyclic) bond motifs is 2. The zero-order valence-electron chi connectivity index (χ0n) is 20.2. The lowest BCUT2D eigenvalue weighted by Crippen LogP contribution is -2.39. The summed E-state index contributed by atoms with van der Waals surface area (Å²) in [5, 5.41) is 0. The summed E-state index contributed by atoms with van der Waals surface area (Å²) in [5.41, 5.74) is 2.96. The van der Waals surface area contributed by atoms with Crippen LogP contribution in [0.2, 0.25) is 0 Å². The molecule has 3 heterocycles. The van der Waals surface area contributed by atoms with E-state index in [0.717, 1.165) is 60.8 Å². The van der Waals surface area contributed by atoms with Gasteiger partial charge in [0.05, 0.1) is 23.3 Å². The van der Waals surface area contributed by atoms with Crippen molar-refractivity contribution in [1.29, 1.82) is 0 Å². The van der Waals surface area contributed by atoms with Gasteiger partial charge in [-0.15, -0.1) is 0 Å². The minimum atomic E-state index is -0.311. The molecule has 182 valence electrons. The molecule has 6 rings (SSSR count). The first kappa shape index (κ1) is 22.6. The normalized spacial score (nSPS) is 20.3. The molecule has 1 fully saturated rings. The highest BCUT2D eigenvalue weighted by atomic mass is 16.5. The van der Waals surface area contributed by atoms with Crippen LogP contribution in [0.4, 0.5) is 0 Å². The van der Waals surface area contributed by atoms with Crippen molar-refractivity contribution in [1.82, 2.24) is 14.5 Å². The van der Waals surface area contributed by atoms with E-state index in [2.05, 4.69) is 37.7 Å². The van der Waals surface area contributed by atoms with Crippen molar-refractivity contribution in [3.63, 3.8) is 0 Å². The van der Waals surface area contributed by atoms with Gasteiger partial charge in [0.15, 0.2) is 0 Å². The van der Waals surface area contributed by atoms with Crippen molar-refractivity contribution >= 4 is 28.5 Å². The molecule has 1 amide bonds. The summed E-state index contributed by atoms with van der Waals surface area (Å²) in [6, 6.07) is 18.2. The predicted molar refractivity (Wildman–Crippen MR) is 141 cm³/mol. The van der Waals surface area contributed by atoms with Crippen LogP contribution >= 0.6 is 0 Å². The van der Waals surface area contributed by atoms with Crippen molar-refractivity contribution in [2.45, 2.75) is 26.0 Å². The number of imidazole rings is 1. The van der Waals surface area contributed by atoms with Gasteiger partial charge in [0.1, 0.15) is 29.9 Å². The van der Waals surface area contributed by atoms with E-state index in [1.165, 1.54) is 0 Å². The number of likely N-dealkylation sites (tertiary alicyclic amines) is 1. The van der Waals surface area contributed by atoms with Gasteiger partial charge in [-0.05, 0) is 62.2 Å². The fourth-order valence-electron chi connectivity index (χ4n) is 5.18. The zero-order chi connectivity index (χ0) is 24.3. The second-order valence-corrected chi connectivity index (χ2v) is 9.57. The first-order valence-electron chi connectivity index (χ1n) is 12.6. The number of aliphatic imine (C=N–C) groups is 2. The lowest BCUT2D eigenvalue weighted by molar-refractivity contribution is -0.118. The molecule has 0 radical (unpaired) electrons. The highest BCUT2D eigenvalue weighted by molar-refractivity contribution is 6.21. The number of allylic oxidation sites excluding steroid dienone is 3. The Morgan fingerprint density at radius 3 is 2.61 bits per heavy atom. The molecular weight excluding hydrogens is 450 g/mol. The number of nitrogens with zero attached hydrogens (tertiary/aromatic N) is 5. The van der Waals surface area contributed by atoms with Gasteiger partial charge in [-0.25, -0.2) is 9.98 Å². The van der Waals surface area contributed by atoms with Crippen LogP contribution in [0.1, 0.15) is 18.7 Å². The lowest BCUT2D eigenvalue weighted by Gasteiger charge is -2.32. The Balaban J connectivity index is 1.10. The smallest absolute Gasteiger partial charge is 0.260 e. The summed E-state index contributed by atoms with van der Waals surface area (Å²) in [7, 11) is 0. The Morgan fingerprint density at radius 2 is 1.75 bits per heavy atom. The molecule has 0 spiro atoms. The van der Waals surface area contributed by atoms with Crippen LogP contribution in [-0.4, -0.2) is 51.5 Å². The van der Waals surface area contributed by atoms with Crippen LogP contribution in [0.25, 0.3) is 11.0 Å². The van der Waals surface area contributed by atoms with Gasteiger partial charge in [-0.3, -0.25) is 9.69 Å². The number of hydrogen-bond acceptors (Lipinski definition) is 5. The van der Waals surface area contributed by atoms with Gasteiger partial charge in [0, 0.05) is 6.54 Å². The molecule has 1 saturated heterocycles. The average Bonchev–Trinajstić information content (AvgIpc) is 3.26. The summed E-state index contributed by atoms with van der Waals surface area (Å²) >= 11 is 0. The summed E-state index contributed by atoms with van der Waals surface area (Å²) in [6.45, 7) is 3.91. The van der Waals surface area contributed by atoms with Crippen molar-refractivity contribution in [3.05, 3.63) is 84.7 Å². The fourth-order valence-corrected chi connectivity index (χ4v) is 5.18. The number of aromatic nitrogens is 2. The third-order valence-corrected chi connectivity index (χ3v) is 7.12. The minimum absolute atomic E-state index is 0.109. The second kappa shape index (κ2) is 10.0. The van der Waals surface area contributed by atoms with E-state index in [9.17, 15) is 4.79 Å². The van der Waals surface area contributed by atoms with Crippen LogP contribution in [0.15, 0.2) is 88.9 Å². The molecule has 2 aromatic carbocycles. The monoisotopic (exact) mass is 479 g/mol. The molecule has 3 aromatic rings. The van der Waals surface area contributed by atoms with Gasteiger partial charge in [-0.2, -0.15) is 4.99 Å². The lowest BCUT2D eigenvalue weighted by atomic mass is 9.95. The van der Waals surface area contributed by atoms with Gasteiger partial charge in [-0.1, -0.05) is 48.6 Å². The Hall–Kier alpha value is -3.84. The first-order chi connectivity index (χ1) is 17.7. The molecule has 2 aliphatic heterocycles. The van der Waals surface area contributed by atoms with E-state index in [4.69, 9.17) is 9.72 Å². The maximum atomic E-state index is 12.4. The topological polar surface area (TPSA) is 72.1 Å². The summed E-state index contributed by atoms with van der Waals surface area (Å²) in [4.78, 5) is 28.6. The molecule has 1 aromatic heterocycles. The first-order valence-corrected chi connectivity index (χ1v) is 12.6. The van der Waals surface area contributed by atoms with Crippen LogP contribution in [-0.2, 0) is 17.9 Å². The molecule has 0 N–H and O–H groups in total. The Morgan fingerprint density at radius 1 is 0.944 bits per heavy atom. The van der Waals surface area contributed by atoms with E-state index in [1.807, 2.05) is 60.7 Å². The maximum Gasteiger partial charge on any atom is 0.260 e. The molecule has 36 heavy (non-hydrogen) atoms. The number of amides is 1. The molecule has 1 aliphatic carbocycles. The number of amidine groups is 1. The number of ether oxygens (including phenoxy) is 1. The Kier molecular flexibility index (Phi) is 6.30.